The van der Waals surface area contributed by atoms with E-state index in [4.69, 9.17) is 0 Å². The molecule has 4 nitrogen and oxygen atoms in total. The highest BCUT2D eigenvalue weighted by Gasteiger charge is 2.45. The molecule has 0 aliphatic heterocycles. The number of halogens is 2. The van der Waals surface area contributed by atoms with Gasteiger partial charge in [-0.3, -0.25) is 4.68 Å². The Morgan fingerprint density at radius 2 is 1.85 bits per heavy atom. The van der Waals surface area contributed by atoms with Crippen LogP contribution in [0.15, 0.2) is 36.8 Å². The van der Waals surface area contributed by atoms with Gasteiger partial charge in [-0.1, -0.05) is 0 Å². The van der Waals surface area contributed by atoms with E-state index in [1.54, 1.807) is 16.0 Å². The van der Waals surface area contributed by atoms with Gasteiger partial charge in [-0.25, -0.2) is 18.7 Å². The van der Waals surface area contributed by atoms with E-state index < -0.39 is 5.92 Å². The van der Waals surface area contributed by atoms with Gasteiger partial charge in [0.1, 0.15) is 4.83 Å². The summed E-state index contributed by atoms with van der Waals surface area (Å²) in [5, 5.41) is 6.33. The third-order valence-electron chi connectivity index (χ3n) is 4.89. The quantitative estimate of drug-likeness (QED) is 0.519. The number of pyridine rings is 2. The first-order chi connectivity index (χ1) is 12.4. The fourth-order valence-corrected chi connectivity index (χ4v) is 4.74. The minimum absolute atomic E-state index is 0.0106. The van der Waals surface area contributed by atoms with Crippen molar-refractivity contribution in [2.75, 3.05) is 0 Å². The van der Waals surface area contributed by atoms with Crippen molar-refractivity contribution in [3.8, 4) is 11.1 Å². The summed E-state index contributed by atoms with van der Waals surface area (Å²) >= 11 is 1.60. The molecule has 0 bridgehead atoms. The van der Waals surface area contributed by atoms with Gasteiger partial charge in [0, 0.05) is 65.3 Å². The van der Waals surface area contributed by atoms with Gasteiger partial charge in [0.15, 0.2) is 5.65 Å². The van der Waals surface area contributed by atoms with Crippen LogP contribution in [-0.2, 0) is 13.5 Å². The fraction of sp³-hybridized carbons (Fsp3) is 0.316. The fourth-order valence-electron chi connectivity index (χ4n) is 3.65. The lowest BCUT2D eigenvalue weighted by Gasteiger charge is -2.34. The molecule has 1 aliphatic rings. The molecule has 4 aromatic heterocycles. The van der Waals surface area contributed by atoms with Crippen molar-refractivity contribution in [1.29, 1.82) is 0 Å². The van der Waals surface area contributed by atoms with Gasteiger partial charge in [0.05, 0.1) is 0 Å². The summed E-state index contributed by atoms with van der Waals surface area (Å²) in [6.07, 6.45) is 6.33. The Kier molecular flexibility index (Phi) is 3.37. The maximum Gasteiger partial charge on any atom is 0.248 e. The Labute approximate surface area is 152 Å². The molecule has 4 aromatic rings. The minimum atomic E-state index is -2.45. The third-order valence-corrected chi connectivity index (χ3v) is 5.98. The molecule has 0 atom stereocenters. The highest BCUT2D eigenvalue weighted by Crippen LogP contribution is 2.44. The van der Waals surface area contributed by atoms with E-state index in [0.717, 1.165) is 43.7 Å². The molecule has 5 rings (SSSR count). The Bertz CT molecular complexity index is 1120. The normalized spacial score (nSPS) is 17.0. The van der Waals surface area contributed by atoms with E-state index >= 15 is 0 Å². The highest BCUT2D eigenvalue weighted by molar-refractivity contribution is 7.18. The van der Waals surface area contributed by atoms with Crippen LogP contribution in [-0.4, -0.2) is 25.7 Å². The molecule has 7 heteroatoms. The predicted molar refractivity (Wildman–Crippen MR) is 98.5 cm³/mol. The average molecular weight is 370 g/mol. The Balaban J connectivity index is 1.45. The van der Waals surface area contributed by atoms with Crippen LogP contribution >= 0.6 is 11.3 Å². The number of nitrogens with zero attached hydrogens (tertiary/aromatic N) is 4. The molecule has 0 saturated heterocycles. The summed E-state index contributed by atoms with van der Waals surface area (Å²) in [6, 6.07) is 6.24. The third kappa shape index (κ3) is 2.76. The van der Waals surface area contributed by atoms with Gasteiger partial charge < -0.3 is 0 Å². The maximum absolute atomic E-state index is 13.0. The van der Waals surface area contributed by atoms with Crippen LogP contribution < -0.4 is 0 Å². The van der Waals surface area contributed by atoms with Crippen LogP contribution in [0, 0.1) is 5.92 Å². The summed E-state index contributed by atoms with van der Waals surface area (Å²) in [5.41, 5.74) is 2.71. The highest BCUT2D eigenvalue weighted by atomic mass is 32.1. The van der Waals surface area contributed by atoms with Crippen molar-refractivity contribution in [3.63, 3.8) is 0 Å². The second kappa shape index (κ2) is 5.54. The Hall–Kier alpha value is -2.41. The van der Waals surface area contributed by atoms with Crippen molar-refractivity contribution in [1.82, 2.24) is 19.7 Å². The molecular weight excluding hydrogens is 354 g/mol. The van der Waals surface area contributed by atoms with Crippen molar-refractivity contribution in [2.24, 2.45) is 13.0 Å². The van der Waals surface area contributed by atoms with Crippen molar-refractivity contribution in [3.05, 3.63) is 41.7 Å². The lowest BCUT2D eigenvalue weighted by atomic mass is 9.79. The topological polar surface area (TPSA) is 43.6 Å². The van der Waals surface area contributed by atoms with Crippen LogP contribution in [0.1, 0.15) is 17.7 Å². The molecule has 26 heavy (non-hydrogen) atoms. The number of aryl methyl sites for hydroxylation is 1. The largest absolute Gasteiger partial charge is 0.273 e. The molecule has 1 fully saturated rings. The molecule has 0 amide bonds. The van der Waals surface area contributed by atoms with E-state index in [0.29, 0.717) is 0 Å². The molecule has 0 spiro atoms. The Morgan fingerprint density at radius 3 is 2.62 bits per heavy atom. The van der Waals surface area contributed by atoms with E-state index in [2.05, 4.69) is 33.3 Å². The first-order valence-corrected chi connectivity index (χ1v) is 9.33. The smallest absolute Gasteiger partial charge is 0.248 e. The number of hydrogen-bond acceptors (Lipinski definition) is 4. The molecule has 0 N–H and O–H groups in total. The SMILES string of the molecule is Cn1cc2cc(-c3cnc4sc(CC5CC(F)(F)C5)cc4c3)cnc2n1. The van der Waals surface area contributed by atoms with Gasteiger partial charge in [0.25, 0.3) is 0 Å². The number of alkyl halides is 2. The van der Waals surface area contributed by atoms with Crippen molar-refractivity contribution >= 4 is 32.6 Å². The zero-order valence-corrected chi connectivity index (χ0v) is 14.9. The van der Waals surface area contributed by atoms with Crippen LogP contribution in [0.5, 0.6) is 0 Å². The summed E-state index contributed by atoms with van der Waals surface area (Å²) in [5.74, 6) is -2.36. The molecule has 1 aliphatic carbocycles. The lowest BCUT2D eigenvalue weighted by Crippen LogP contribution is -2.36. The van der Waals surface area contributed by atoms with Crippen LogP contribution in [0.2, 0.25) is 0 Å². The number of aromatic nitrogens is 4. The van der Waals surface area contributed by atoms with E-state index in [1.807, 2.05) is 25.6 Å². The summed E-state index contributed by atoms with van der Waals surface area (Å²) in [7, 11) is 1.87. The van der Waals surface area contributed by atoms with Gasteiger partial charge >= 0.3 is 0 Å². The molecule has 1 saturated carbocycles. The minimum Gasteiger partial charge on any atom is -0.273 e. The Morgan fingerprint density at radius 1 is 1.12 bits per heavy atom. The zero-order valence-electron chi connectivity index (χ0n) is 14.1. The monoisotopic (exact) mass is 370 g/mol. The second-order valence-corrected chi connectivity index (χ2v) is 8.22. The molecular formula is C19H16F2N4S. The van der Waals surface area contributed by atoms with Crippen LogP contribution in [0.25, 0.3) is 32.4 Å². The maximum atomic E-state index is 13.0. The summed E-state index contributed by atoms with van der Waals surface area (Å²) in [4.78, 5) is 11.1. The van der Waals surface area contributed by atoms with Gasteiger partial charge in [0.2, 0.25) is 5.92 Å². The van der Waals surface area contributed by atoms with Crippen molar-refractivity contribution in [2.45, 2.75) is 25.2 Å². The van der Waals surface area contributed by atoms with Crippen LogP contribution in [0.3, 0.4) is 0 Å². The molecule has 0 radical (unpaired) electrons. The first kappa shape index (κ1) is 15.8. The van der Waals surface area contributed by atoms with E-state index in [-0.39, 0.29) is 18.8 Å². The van der Waals surface area contributed by atoms with Gasteiger partial charge in [-0.2, -0.15) is 5.10 Å². The zero-order chi connectivity index (χ0) is 17.9. The second-order valence-electron chi connectivity index (χ2n) is 7.11. The van der Waals surface area contributed by atoms with E-state index in [9.17, 15) is 8.78 Å². The van der Waals surface area contributed by atoms with E-state index in [1.165, 1.54) is 0 Å². The van der Waals surface area contributed by atoms with Crippen LogP contribution in [0.4, 0.5) is 8.78 Å². The molecule has 0 unspecified atom stereocenters. The predicted octanol–water partition coefficient (Wildman–Crippen LogP) is 4.83. The standard InChI is InChI=1S/C19H16F2N4S/c1-25-10-15-4-14(8-22-17(15)24-25)13-3-12-5-16(26-18(12)23-9-13)2-11-6-19(20,21)7-11/h3-5,8-11H,2,6-7H2,1H3. The summed E-state index contributed by atoms with van der Waals surface area (Å²) < 4.78 is 27.8. The number of fused-ring (bicyclic) bond motifs is 2. The number of rotatable bonds is 3. The molecule has 0 aromatic carbocycles. The number of thiophene rings is 1. The number of hydrogen-bond donors (Lipinski definition) is 0. The average Bonchev–Trinajstić information content (AvgIpc) is 3.12. The molecule has 4 heterocycles. The van der Waals surface area contributed by atoms with Crippen molar-refractivity contribution < 1.29 is 8.78 Å². The summed E-state index contributed by atoms with van der Waals surface area (Å²) in [6.45, 7) is 0. The molecule has 132 valence electrons. The van der Waals surface area contributed by atoms with Gasteiger partial charge in [-0.05, 0) is 30.5 Å². The van der Waals surface area contributed by atoms with Gasteiger partial charge in [-0.15, -0.1) is 11.3 Å². The first-order valence-electron chi connectivity index (χ1n) is 8.51. The lowest BCUT2D eigenvalue weighted by molar-refractivity contribution is -0.109.